The van der Waals surface area contributed by atoms with Crippen molar-refractivity contribution in [3.63, 3.8) is 0 Å². The number of guanidine groups is 1. The van der Waals surface area contributed by atoms with Crippen molar-refractivity contribution in [1.82, 2.24) is 20.4 Å². The third-order valence-corrected chi connectivity index (χ3v) is 5.50. The molecule has 1 aliphatic carbocycles. The molecule has 1 amide bonds. The molecule has 7 heteroatoms. The number of halogens is 1. The Morgan fingerprint density at radius 3 is 2.56 bits per heavy atom. The van der Waals surface area contributed by atoms with E-state index in [4.69, 9.17) is 0 Å². The van der Waals surface area contributed by atoms with Gasteiger partial charge in [-0.05, 0) is 38.1 Å². The number of likely N-dealkylation sites (tertiary alicyclic amines) is 2. The second kappa shape index (κ2) is 9.39. The van der Waals surface area contributed by atoms with Crippen molar-refractivity contribution in [2.75, 3.05) is 39.8 Å². The fourth-order valence-electron chi connectivity index (χ4n) is 3.87. The molecule has 2 unspecified atom stereocenters. The second-order valence-electron chi connectivity index (χ2n) is 7.90. The van der Waals surface area contributed by atoms with Crippen molar-refractivity contribution in [2.45, 2.75) is 51.6 Å². The summed E-state index contributed by atoms with van der Waals surface area (Å²) in [7, 11) is 1.83. The molecule has 6 nitrogen and oxygen atoms in total. The lowest BCUT2D eigenvalue weighted by Crippen LogP contribution is -2.46. The molecule has 0 aromatic heterocycles. The molecule has 0 aromatic carbocycles. The van der Waals surface area contributed by atoms with Gasteiger partial charge < -0.3 is 20.4 Å². The van der Waals surface area contributed by atoms with Crippen molar-refractivity contribution in [3.05, 3.63) is 0 Å². The Morgan fingerprint density at radius 2 is 1.92 bits per heavy atom. The molecular formula is C18H34IN5O. The van der Waals surface area contributed by atoms with Crippen LogP contribution in [0, 0.1) is 11.8 Å². The molecule has 2 aliphatic heterocycles. The minimum Gasteiger partial charge on any atom is -0.356 e. The first-order valence-electron chi connectivity index (χ1n) is 9.57. The van der Waals surface area contributed by atoms with Gasteiger partial charge in [0.25, 0.3) is 0 Å². The van der Waals surface area contributed by atoms with Crippen LogP contribution in [-0.2, 0) is 4.79 Å². The Bertz CT molecular complexity index is 480. The van der Waals surface area contributed by atoms with Crippen molar-refractivity contribution in [1.29, 1.82) is 0 Å². The van der Waals surface area contributed by atoms with Crippen molar-refractivity contribution >= 4 is 35.8 Å². The summed E-state index contributed by atoms with van der Waals surface area (Å²) >= 11 is 0. The highest BCUT2D eigenvalue weighted by atomic mass is 127. The number of carbonyl (C=O) groups excluding carboxylic acids is 1. The fraction of sp³-hybridized carbons (Fsp3) is 0.889. The molecule has 3 aliphatic rings. The Balaban J connectivity index is 0.00000225. The van der Waals surface area contributed by atoms with Gasteiger partial charge >= 0.3 is 0 Å². The van der Waals surface area contributed by atoms with Gasteiger partial charge in [-0.25, -0.2) is 0 Å². The number of amides is 1. The first-order chi connectivity index (χ1) is 11.6. The van der Waals surface area contributed by atoms with E-state index in [9.17, 15) is 4.79 Å². The summed E-state index contributed by atoms with van der Waals surface area (Å²) in [5.74, 6) is 1.95. The van der Waals surface area contributed by atoms with Gasteiger partial charge in [-0.1, -0.05) is 13.8 Å². The van der Waals surface area contributed by atoms with E-state index in [0.717, 1.165) is 44.0 Å². The molecule has 144 valence electrons. The summed E-state index contributed by atoms with van der Waals surface area (Å²) < 4.78 is 0. The van der Waals surface area contributed by atoms with E-state index in [0.29, 0.717) is 6.04 Å². The minimum absolute atomic E-state index is 0. The quantitative estimate of drug-likeness (QED) is 0.369. The first-order valence-corrected chi connectivity index (χ1v) is 9.57. The lowest BCUT2D eigenvalue weighted by atomic mass is 10.1. The average Bonchev–Trinajstić information content (AvgIpc) is 3.14. The van der Waals surface area contributed by atoms with Crippen LogP contribution < -0.4 is 10.6 Å². The molecule has 0 bridgehead atoms. The van der Waals surface area contributed by atoms with Crippen LogP contribution in [0.1, 0.15) is 39.5 Å². The van der Waals surface area contributed by atoms with Crippen LogP contribution in [0.15, 0.2) is 4.99 Å². The zero-order valence-electron chi connectivity index (χ0n) is 15.8. The molecule has 2 saturated heterocycles. The molecule has 0 spiro atoms. The van der Waals surface area contributed by atoms with Crippen LogP contribution in [0.4, 0.5) is 0 Å². The molecule has 2 atom stereocenters. The average molecular weight is 463 g/mol. The summed E-state index contributed by atoms with van der Waals surface area (Å²) in [5.41, 5.74) is 0. The third-order valence-electron chi connectivity index (χ3n) is 5.50. The summed E-state index contributed by atoms with van der Waals surface area (Å²) in [4.78, 5) is 21.1. The van der Waals surface area contributed by atoms with Gasteiger partial charge in [0, 0.05) is 51.2 Å². The standard InChI is InChI=1S/C18H33N5O.HI/c1-13(2)17(24)23-9-7-15(12-23)21-18(19-3)20-10-14-6-8-22(11-14)16-4-5-16;/h13-16H,4-12H2,1-3H3,(H2,19,20,21);1H. The maximum atomic E-state index is 12.1. The summed E-state index contributed by atoms with van der Waals surface area (Å²) in [6, 6.07) is 1.20. The topological polar surface area (TPSA) is 60.0 Å². The van der Waals surface area contributed by atoms with Gasteiger partial charge in [0.2, 0.25) is 5.91 Å². The number of carbonyl (C=O) groups is 1. The SMILES string of the molecule is CN=C(NCC1CCN(C2CC2)C1)NC1CCN(C(=O)C(C)C)C1.I. The highest BCUT2D eigenvalue weighted by Gasteiger charge is 2.34. The zero-order valence-corrected chi connectivity index (χ0v) is 18.2. The van der Waals surface area contributed by atoms with Crippen LogP contribution in [0.2, 0.25) is 0 Å². The van der Waals surface area contributed by atoms with E-state index in [1.54, 1.807) is 0 Å². The van der Waals surface area contributed by atoms with E-state index in [-0.39, 0.29) is 35.8 Å². The van der Waals surface area contributed by atoms with E-state index in [1.165, 1.54) is 32.4 Å². The highest BCUT2D eigenvalue weighted by Crippen LogP contribution is 2.31. The molecule has 0 aromatic rings. The predicted octanol–water partition coefficient (Wildman–Crippen LogP) is 1.51. The smallest absolute Gasteiger partial charge is 0.225 e. The van der Waals surface area contributed by atoms with Gasteiger partial charge in [-0.15, -0.1) is 24.0 Å². The largest absolute Gasteiger partial charge is 0.356 e. The van der Waals surface area contributed by atoms with Crippen LogP contribution in [0.3, 0.4) is 0 Å². The fourth-order valence-corrected chi connectivity index (χ4v) is 3.87. The Kier molecular flexibility index (Phi) is 7.79. The Morgan fingerprint density at radius 1 is 1.16 bits per heavy atom. The van der Waals surface area contributed by atoms with Crippen LogP contribution in [-0.4, -0.2) is 73.5 Å². The maximum absolute atomic E-state index is 12.1. The minimum atomic E-state index is 0. The molecule has 0 radical (unpaired) electrons. The molecule has 2 N–H and O–H groups in total. The number of nitrogens with one attached hydrogen (secondary N) is 2. The van der Waals surface area contributed by atoms with E-state index < -0.39 is 0 Å². The monoisotopic (exact) mass is 463 g/mol. The molecule has 1 saturated carbocycles. The normalized spacial score (nSPS) is 27.5. The molecule has 25 heavy (non-hydrogen) atoms. The third kappa shape index (κ3) is 5.70. The van der Waals surface area contributed by atoms with Crippen LogP contribution in [0.25, 0.3) is 0 Å². The molecule has 2 heterocycles. The molecule has 3 fully saturated rings. The Hall–Kier alpha value is -0.570. The van der Waals surface area contributed by atoms with E-state index in [2.05, 4.69) is 20.5 Å². The van der Waals surface area contributed by atoms with Crippen molar-refractivity contribution in [3.8, 4) is 0 Å². The van der Waals surface area contributed by atoms with E-state index >= 15 is 0 Å². The lowest BCUT2D eigenvalue weighted by Gasteiger charge is -2.21. The van der Waals surface area contributed by atoms with E-state index in [1.807, 2.05) is 25.8 Å². The summed E-state index contributed by atoms with van der Waals surface area (Å²) in [5, 5.41) is 6.98. The summed E-state index contributed by atoms with van der Waals surface area (Å²) in [6.45, 7) is 9.06. The Labute approximate surface area is 169 Å². The second-order valence-corrected chi connectivity index (χ2v) is 7.90. The molecule has 3 rings (SSSR count). The van der Waals surface area contributed by atoms with Gasteiger partial charge in [0.05, 0.1) is 0 Å². The lowest BCUT2D eigenvalue weighted by molar-refractivity contribution is -0.133. The van der Waals surface area contributed by atoms with Crippen LogP contribution in [0.5, 0.6) is 0 Å². The summed E-state index contributed by atoms with van der Waals surface area (Å²) in [6.07, 6.45) is 5.09. The number of rotatable bonds is 5. The van der Waals surface area contributed by atoms with Gasteiger partial charge in [-0.3, -0.25) is 9.79 Å². The number of nitrogens with zero attached hydrogens (tertiary/aromatic N) is 3. The highest BCUT2D eigenvalue weighted by molar-refractivity contribution is 14.0. The van der Waals surface area contributed by atoms with Crippen LogP contribution >= 0.6 is 24.0 Å². The number of hydrogen-bond acceptors (Lipinski definition) is 3. The number of hydrogen-bond donors (Lipinski definition) is 2. The van der Waals surface area contributed by atoms with Gasteiger partial charge in [0.15, 0.2) is 5.96 Å². The van der Waals surface area contributed by atoms with Crippen molar-refractivity contribution < 1.29 is 4.79 Å². The number of aliphatic imine (C=N–C) groups is 1. The predicted molar refractivity (Wildman–Crippen MR) is 112 cm³/mol. The van der Waals surface area contributed by atoms with Crippen molar-refractivity contribution in [2.24, 2.45) is 16.8 Å². The van der Waals surface area contributed by atoms with Gasteiger partial charge in [-0.2, -0.15) is 0 Å². The zero-order chi connectivity index (χ0) is 17.1. The first kappa shape index (κ1) is 20.7. The van der Waals surface area contributed by atoms with Gasteiger partial charge in [0.1, 0.15) is 0 Å². The maximum Gasteiger partial charge on any atom is 0.225 e. The molecular weight excluding hydrogens is 429 g/mol.